The Morgan fingerprint density at radius 3 is 2.57 bits per heavy atom. The van der Waals surface area contributed by atoms with Crippen LogP contribution >= 0.6 is 0 Å². The number of hydrogen-bond donors (Lipinski definition) is 1. The van der Waals surface area contributed by atoms with Crippen LogP contribution in [-0.2, 0) is 6.42 Å². The molecule has 1 atom stereocenters. The van der Waals surface area contributed by atoms with Crippen molar-refractivity contribution in [3.63, 3.8) is 0 Å². The number of nitrogens with zero attached hydrogens (tertiary/aromatic N) is 1. The van der Waals surface area contributed by atoms with Crippen LogP contribution in [-0.4, -0.2) is 31.1 Å². The van der Waals surface area contributed by atoms with Crippen molar-refractivity contribution < 1.29 is 0 Å². The molecule has 2 aromatic carbocycles. The second kappa shape index (κ2) is 7.76. The lowest BCUT2D eigenvalue weighted by molar-refractivity contribution is 0.241. The number of hydrogen-bond acceptors (Lipinski definition) is 2. The van der Waals surface area contributed by atoms with Crippen LogP contribution in [0, 0.1) is 6.92 Å². The molecular formula is C21H28N2. The molecule has 1 heterocycles. The van der Waals surface area contributed by atoms with E-state index in [-0.39, 0.29) is 0 Å². The van der Waals surface area contributed by atoms with E-state index in [0.717, 1.165) is 32.6 Å². The SMILES string of the molecule is CCc1ccc(C(c2cccc(C)c2)N2CCCNCC2)cc1. The van der Waals surface area contributed by atoms with Crippen molar-refractivity contribution in [2.45, 2.75) is 32.7 Å². The van der Waals surface area contributed by atoms with Crippen molar-refractivity contribution in [3.05, 3.63) is 70.8 Å². The molecule has 1 N–H and O–H groups in total. The van der Waals surface area contributed by atoms with Gasteiger partial charge >= 0.3 is 0 Å². The summed E-state index contributed by atoms with van der Waals surface area (Å²) >= 11 is 0. The van der Waals surface area contributed by atoms with Crippen LogP contribution in [0.3, 0.4) is 0 Å². The Balaban J connectivity index is 1.97. The van der Waals surface area contributed by atoms with Crippen LogP contribution in [0.4, 0.5) is 0 Å². The fourth-order valence-corrected chi connectivity index (χ4v) is 3.51. The van der Waals surface area contributed by atoms with Crippen molar-refractivity contribution in [2.75, 3.05) is 26.2 Å². The van der Waals surface area contributed by atoms with Crippen LogP contribution in [0.1, 0.15) is 41.6 Å². The molecule has 1 aliphatic rings. The molecule has 122 valence electrons. The first-order valence-corrected chi connectivity index (χ1v) is 8.88. The van der Waals surface area contributed by atoms with E-state index < -0.39 is 0 Å². The zero-order valence-corrected chi connectivity index (χ0v) is 14.4. The van der Waals surface area contributed by atoms with Crippen molar-refractivity contribution in [1.29, 1.82) is 0 Å². The van der Waals surface area contributed by atoms with Gasteiger partial charge in [-0.05, 0) is 43.0 Å². The smallest absolute Gasteiger partial charge is 0.0602 e. The molecule has 1 saturated heterocycles. The van der Waals surface area contributed by atoms with Crippen molar-refractivity contribution in [3.8, 4) is 0 Å². The molecule has 2 aromatic rings. The van der Waals surface area contributed by atoms with E-state index in [2.05, 4.69) is 72.6 Å². The number of nitrogens with one attached hydrogen (secondary N) is 1. The molecule has 3 rings (SSSR count). The Morgan fingerprint density at radius 2 is 1.83 bits per heavy atom. The number of aryl methyl sites for hydroxylation is 2. The van der Waals surface area contributed by atoms with Crippen LogP contribution in [0.15, 0.2) is 48.5 Å². The maximum atomic E-state index is 3.52. The lowest BCUT2D eigenvalue weighted by Crippen LogP contribution is -2.33. The molecule has 1 aliphatic heterocycles. The Kier molecular flexibility index (Phi) is 5.47. The lowest BCUT2D eigenvalue weighted by Gasteiger charge is -2.31. The minimum absolute atomic E-state index is 0.362. The summed E-state index contributed by atoms with van der Waals surface area (Å²) in [4.78, 5) is 2.63. The molecule has 0 amide bonds. The van der Waals surface area contributed by atoms with E-state index in [1.165, 1.54) is 28.7 Å². The summed E-state index contributed by atoms with van der Waals surface area (Å²) in [5.41, 5.74) is 5.57. The van der Waals surface area contributed by atoms with Gasteiger partial charge in [-0.1, -0.05) is 61.0 Å². The van der Waals surface area contributed by atoms with Gasteiger partial charge in [0.15, 0.2) is 0 Å². The molecule has 0 radical (unpaired) electrons. The molecule has 0 spiro atoms. The summed E-state index contributed by atoms with van der Waals surface area (Å²) < 4.78 is 0. The van der Waals surface area contributed by atoms with Crippen molar-refractivity contribution in [2.24, 2.45) is 0 Å². The third kappa shape index (κ3) is 4.01. The van der Waals surface area contributed by atoms with Crippen LogP contribution < -0.4 is 5.32 Å². The van der Waals surface area contributed by atoms with Crippen molar-refractivity contribution >= 4 is 0 Å². The Hall–Kier alpha value is -1.64. The molecule has 0 aromatic heterocycles. The van der Waals surface area contributed by atoms with Crippen LogP contribution in [0.2, 0.25) is 0 Å². The van der Waals surface area contributed by atoms with E-state index in [0.29, 0.717) is 6.04 Å². The van der Waals surface area contributed by atoms with Gasteiger partial charge < -0.3 is 5.32 Å². The van der Waals surface area contributed by atoms with Gasteiger partial charge in [0.05, 0.1) is 6.04 Å². The normalized spacial score (nSPS) is 17.7. The van der Waals surface area contributed by atoms with Crippen LogP contribution in [0.5, 0.6) is 0 Å². The summed E-state index contributed by atoms with van der Waals surface area (Å²) in [5.74, 6) is 0. The molecule has 23 heavy (non-hydrogen) atoms. The first kappa shape index (κ1) is 16.2. The second-order valence-corrected chi connectivity index (χ2v) is 6.55. The third-order valence-electron chi connectivity index (χ3n) is 4.80. The van der Waals surface area contributed by atoms with Gasteiger partial charge in [0.1, 0.15) is 0 Å². The highest BCUT2D eigenvalue weighted by molar-refractivity contribution is 5.35. The van der Waals surface area contributed by atoms with Crippen LogP contribution in [0.25, 0.3) is 0 Å². The molecule has 1 unspecified atom stereocenters. The molecule has 1 fully saturated rings. The molecule has 0 saturated carbocycles. The quantitative estimate of drug-likeness (QED) is 0.920. The van der Waals surface area contributed by atoms with Gasteiger partial charge in [-0.25, -0.2) is 0 Å². The highest BCUT2D eigenvalue weighted by Gasteiger charge is 2.23. The fourth-order valence-electron chi connectivity index (χ4n) is 3.51. The van der Waals surface area contributed by atoms with Crippen molar-refractivity contribution in [1.82, 2.24) is 10.2 Å². The average molecular weight is 308 g/mol. The van der Waals surface area contributed by atoms with Gasteiger partial charge in [0.2, 0.25) is 0 Å². The minimum atomic E-state index is 0.362. The maximum Gasteiger partial charge on any atom is 0.0602 e. The fraction of sp³-hybridized carbons (Fsp3) is 0.429. The number of rotatable bonds is 4. The van der Waals surface area contributed by atoms with Gasteiger partial charge in [-0.15, -0.1) is 0 Å². The van der Waals surface area contributed by atoms with E-state index in [9.17, 15) is 0 Å². The zero-order valence-electron chi connectivity index (χ0n) is 14.4. The largest absolute Gasteiger partial charge is 0.315 e. The first-order valence-electron chi connectivity index (χ1n) is 8.88. The molecule has 0 bridgehead atoms. The van der Waals surface area contributed by atoms with Gasteiger partial charge in [0.25, 0.3) is 0 Å². The van der Waals surface area contributed by atoms with Gasteiger partial charge in [-0.3, -0.25) is 4.90 Å². The Labute approximate surface area is 140 Å². The third-order valence-corrected chi connectivity index (χ3v) is 4.80. The standard InChI is InChI=1S/C21H28N2/c1-3-18-8-10-19(11-9-18)21(20-7-4-6-17(2)16-20)23-14-5-12-22-13-15-23/h4,6-11,16,21-22H,3,5,12-15H2,1-2H3. The minimum Gasteiger partial charge on any atom is -0.315 e. The Morgan fingerprint density at radius 1 is 1.00 bits per heavy atom. The number of benzene rings is 2. The second-order valence-electron chi connectivity index (χ2n) is 6.55. The zero-order chi connectivity index (χ0) is 16.1. The summed E-state index contributed by atoms with van der Waals surface area (Å²) in [6, 6.07) is 18.6. The lowest BCUT2D eigenvalue weighted by atomic mass is 9.94. The highest BCUT2D eigenvalue weighted by atomic mass is 15.2. The van der Waals surface area contributed by atoms with E-state index >= 15 is 0 Å². The highest BCUT2D eigenvalue weighted by Crippen LogP contribution is 2.30. The predicted octanol–water partition coefficient (Wildman–Crippen LogP) is 3.94. The van der Waals surface area contributed by atoms with E-state index in [1.54, 1.807) is 0 Å². The maximum absolute atomic E-state index is 3.52. The summed E-state index contributed by atoms with van der Waals surface area (Å²) in [6.07, 6.45) is 2.32. The molecule has 2 heteroatoms. The summed E-state index contributed by atoms with van der Waals surface area (Å²) in [5, 5.41) is 3.52. The van der Waals surface area contributed by atoms with Gasteiger partial charge in [0, 0.05) is 19.6 Å². The average Bonchev–Trinajstić information content (AvgIpc) is 2.85. The van der Waals surface area contributed by atoms with E-state index in [4.69, 9.17) is 0 Å². The van der Waals surface area contributed by atoms with Gasteiger partial charge in [-0.2, -0.15) is 0 Å². The van der Waals surface area contributed by atoms with E-state index in [1.807, 2.05) is 0 Å². The summed E-state index contributed by atoms with van der Waals surface area (Å²) in [7, 11) is 0. The Bertz CT molecular complexity index is 610. The molecular weight excluding hydrogens is 280 g/mol. The monoisotopic (exact) mass is 308 g/mol. The predicted molar refractivity (Wildman–Crippen MR) is 97.9 cm³/mol. The molecule has 2 nitrogen and oxygen atoms in total. The topological polar surface area (TPSA) is 15.3 Å². The molecule has 0 aliphatic carbocycles. The summed E-state index contributed by atoms with van der Waals surface area (Å²) in [6.45, 7) is 8.87. The first-order chi connectivity index (χ1) is 11.3.